The Balaban J connectivity index is 1.07. The number of nitrogens with one attached hydrogen (secondary N) is 2. The van der Waals surface area contributed by atoms with Crippen LogP contribution in [0.15, 0.2) is 58.5 Å². The number of fused-ring (bicyclic) bond motifs is 2. The Labute approximate surface area is 333 Å². The minimum Gasteiger partial charge on any atom is -0.453 e. The molecular formula is C35H42FN8O12PS. The minimum atomic E-state index is -4.49. The van der Waals surface area contributed by atoms with E-state index < -0.39 is 91.7 Å². The molecular weight excluding hydrogens is 806 g/mol. The summed E-state index contributed by atoms with van der Waals surface area (Å²) in [5.41, 5.74) is 1.65. The predicted molar refractivity (Wildman–Crippen MR) is 205 cm³/mol. The number of benzene rings is 1. The number of nitrogen functional groups attached to an aromatic ring is 1. The first kappa shape index (κ1) is 41.6. The van der Waals surface area contributed by atoms with Gasteiger partial charge >= 0.3 is 18.4 Å². The highest BCUT2D eigenvalue weighted by Crippen LogP contribution is 2.65. The van der Waals surface area contributed by atoms with Crippen LogP contribution in [0.4, 0.5) is 16.2 Å². The van der Waals surface area contributed by atoms with Crippen LogP contribution >= 0.6 is 6.72 Å². The van der Waals surface area contributed by atoms with E-state index in [1.165, 1.54) is 29.0 Å². The summed E-state index contributed by atoms with van der Waals surface area (Å²) >= 11 is 5.26. The zero-order valence-corrected chi connectivity index (χ0v) is 32.8. The largest absolute Gasteiger partial charge is 0.453 e. The molecule has 1 saturated carbocycles. The van der Waals surface area contributed by atoms with Crippen LogP contribution in [-0.4, -0.2) is 112 Å². The van der Waals surface area contributed by atoms with Crippen LogP contribution in [0, 0.1) is 5.92 Å². The van der Waals surface area contributed by atoms with Gasteiger partial charge < -0.3 is 44.9 Å². The molecule has 3 fully saturated rings. The van der Waals surface area contributed by atoms with Crippen LogP contribution in [0.2, 0.25) is 0 Å². The molecule has 4 aromatic rings. The van der Waals surface area contributed by atoms with Crippen molar-refractivity contribution >= 4 is 53.3 Å². The van der Waals surface area contributed by atoms with Gasteiger partial charge in [-0.25, -0.2) is 19.0 Å². The van der Waals surface area contributed by atoms with Gasteiger partial charge in [-0.3, -0.25) is 28.2 Å². The van der Waals surface area contributed by atoms with Crippen molar-refractivity contribution < 1.29 is 52.3 Å². The SMILES string of the molecule is CCCC(CCC)C(=O)Nc1ccn([C@@H]2C3O[C@H](CO)C(OP(O)(=S)OC[C@H]4O[C@@H](n5cnc6c(=O)[nH]c(N)nc65)C(O)C4OC(=O)c4ccccc4)C32F)c(=O)n1. The highest BCUT2D eigenvalue weighted by molar-refractivity contribution is 8.07. The summed E-state index contributed by atoms with van der Waals surface area (Å²) in [4.78, 5) is 77.1. The highest BCUT2D eigenvalue weighted by atomic mass is 32.5. The number of H-pyrrole nitrogens is 1. The minimum absolute atomic E-state index is 0.00657. The lowest BCUT2D eigenvalue weighted by Crippen LogP contribution is -2.41. The molecule has 1 aliphatic carbocycles. The number of esters is 1. The Kier molecular flexibility index (Phi) is 11.9. The Bertz CT molecular complexity index is 2330. The summed E-state index contributed by atoms with van der Waals surface area (Å²) in [6.07, 6.45) is -4.90. The van der Waals surface area contributed by atoms with E-state index in [1.807, 2.05) is 13.8 Å². The van der Waals surface area contributed by atoms with Gasteiger partial charge in [0.2, 0.25) is 11.9 Å². The number of carbonyl (C=O) groups is 2. The van der Waals surface area contributed by atoms with Gasteiger partial charge in [0, 0.05) is 12.1 Å². The van der Waals surface area contributed by atoms with Crippen molar-refractivity contribution in [1.29, 1.82) is 0 Å². The average Bonchev–Trinajstić information content (AvgIpc) is 3.44. The fourth-order valence-corrected chi connectivity index (χ4v) is 8.96. The second-order valence-electron chi connectivity index (χ2n) is 14.2. The third kappa shape index (κ3) is 7.95. The van der Waals surface area contributed by atoms with Crippen LogP contribution < -0.4 is 22.3 Å². The molecule has 1 aromatic carbocycles. The highest BCUT2D eigenvalue weighted by Gasteiger charge is 2.80. The van der Waals surface area contributed by atoms with Crippen molar-refractivity contribution in [3.05, 3.63) is 75.3 Å². The maximum absolute atomic E-state index is 16.8. The van der Waals surface area contributed by atoms with Gasteiger partial charge in [0.15, 0.2) is 29.2 Å². The number of aliphatic hydroxyl groups is 2. The number of aromatic amines is 1. The zero-order chi connectivity index (χ0) is 41.5. The number of nitrogens with two attached hydrogens (primary N) is 1. The first-order valence-corrected chi connectivity index (χ1v) is 21.1. The molecule has 7 N–H and O–H groups in total. The molecule has 3 aromatic heterocycles. The van der Waals surface area contributed by atoms with Gasteiger partial charge in [-0.15, -0.1) is 0 Å². The lowest BCUT2D eigenvalue weighted by molar-refractivity contribution is -0.120. The van der Waals surface area contributed by atoms with Crippen molar-refractivity contribution in [2.24, 2.45) is 5.92 Å². The third-order valence-electron chi connectivity index (χ3n) is 10.3. The van der Waals surface area contributed by atoms with Crippen LogP contribution in [0.5, 0.6) is 0 Å². The number of nitrogens with zero attached hydrogens (tertiary/aromatic N) is 5. The summed E-state index contributed by atoms with van der Waals surface area (Å²) in [5, 5.41) is 24.2. The number of imidazole rings is 1. The van der Waals surface area contributed by atoms with Gasteiger partial charge in [0.05, 0.1) is 25.1 Å². The van der Waals surface area contributed by atoms with E-state index in [1.54, 1.807) is 18.2 Å². The fraction of sp³-hybridized carbons (Fsp3) is 0.514. The third-order valence-corrected chi connectivity index (χ3v) is 11.8. The van der Waals surface area contributed by atoms with Crippen molar-refractivity contribution in [3.8, 4) is 0 Å². The molecule has 1 amide bonds. The number of halogens is 1. The number of amides is 1. The van der Waals surface area contributed by atoms with Gasteiger partial charge in [0.25, 0.3) is 5.56 Å². The molecule has 0 bridgehead atoms. The van der Waals surface area contributed by atoms with E-state index in [-0.39, 0.29) is 40.3 Å². The van der Waals surface area contributed by atoms with Crippen molar-refractivity contribution in [1.82, 2.24) is 29.1 Å². The number of alkyl halides is 1. The zero-order valence-electron chi connectivity index (χ0n) is 31.1. The van der Waals surface area contributed by atoms with Gasteiger partial charge in [-0.2, -0.15) is 9.97 Å². The quantitative estimate of drug-likeness (QED) is 0.0683. The molecule has 0 radical (unpaired) electrons. The summed E-state index contributed by atoms with van der Waals surface area (Å²) < 4.78 is 47.6. The molecule has 312 valence electrons. The van der Waals surface area contributed by atoms with Gasteiger partial charge in [-0.1, -0.05) is 44.9 Å². The smallest absolute Gasteiger partial charge is 0.349 e. The summed E-state index contributed by atoms with van der Waals surface area (Å²) in [6.45, 7) is -1.99. The second-order valence-corrected chi connectivity index (χ2v) is 17.0. The van der Waals surface area contributed by atoms with E-state index >= 15 is 4.39 Å². The van der Waals surface area contributed by atoms with E-state index in [2.05, 4.69) is 25.3 Å². The maximum atomic E-state index is 16.8. The molecule has 23 heteroatoms. The normalized spacial score (nSPS) is 28.7. The number of carbonyl (C=O) groups excluding carboxylic acids is 2. The number of anilines is 2. The van der Waals surface area contributed by atoms with Crippen molar-refractivity contribution in [2.75, 3.05) is 24.3 Å². The maximum Gasteiger partial charge on any atom is 0.349 e. The van der Waals surface area contributed by atoms with Crippen LogP contribution in [0.25, 0.3) is 11.2 Å². The summed E-state index contributed by atoms with van der Waals surface area (Å²) in [7, 11) is 0. The molecule has 5 heterocycles. The number of hydrogen-bond acceptors (Lipinski definition) is 16. The molecule has 20 nitrogen and oxygen atoms in total. The molecule has 58 heavy (non-hydrogen) atoms. The molecule has 0 spiro atoms. The first-order chi connectivity index (χ1) is 27.7. The Morgan fingerprint density at radius 3 is 2.52 bits per heavy atom. The molecule has 6 unspecified atom stereocenters. The standard InChI is InChI=1S/C35H42FN8O12PS/c1-3-8-17(9-4-2)29(47)39-21-12-13-43(34(50)40-21)25-27-35(25,36)26(19(14-45)53-27)56-57(51,58)52-15-20-24(55-32(49)18-10-6-5-7-11-18)23(46)31(54-20)44-16-38-22-28(44)41-33(37)42-30(22)48/h5-7,10-13,16-17,19-20,23-27,31,45-46H,3-4,8-9,14-15H2,1-2H3,(H,51,58)(H3,37,41,42,48)(H,39,40,47,50)/t19-,20-,23?,24?,25-,26?,27?,31-,35?,57?/m1/s1. The Hall–Kier alpha value is -4.51. The Morgan fingerprint density at radius 1 is 1.12 bits per heavy atom. The van der Waals surface area contributed by atoms with Crippen LogP contribution in [0.3, 0.4) is 0 Å². The lowest BCUT2D eigenvalue weighted by atomic mass is 9.97. The summed E-state index contributed by atoms with van der Waals surface area (Å²) in [5.74, 6) is -1.64. The van der Waals surface area contributed by atoms with Gasteiger partial charge in [-0.05, 0) is 42.8 Å². The van der Waals surface area contributed by atoms with E-state index in [0.717, 1.165) is 23.7 Å². The van der Waals surface area contributed by atoms with Crippen molar-refractivity contribution in [3.63, 3.8) is 0 Å². The average molecular weight is 849 g/mol. The van der Waals surface area contributed by atoms with Crippen molar-refractivity contribution in [2.45, 2.75) is 94.1 Å². The van der Waals surface area contributed by atoms with Crippen LogP contribution in [-0.2, 0) is 39.9 Å². The molecule has 2 aliphatic heterocycles. The van der Waals surface area contributed by atoms with E-state index in [9.17, 15) is 34.3 Å². The first-order valence-electron chi connectivity index (χ1n) is 18.5. The van der Waals surface area contributed by atoms with Gasteiger partial charge in [0.1, 0.15) is 42.4 Å². The molecule has 3 aliphatic rings. The second kappa shape index (κ2) is 16.6. The topological polar surface area (TPSA) is 277 Å². The predicted octanol–water partition coefficient (Wildman–Crippen LogP) is 1.24. The monoisotopic (exact) mass is 848 g/mol. The molecule has 2 saturated heterocycles. The summed E-state index contributed by atoms with van der Waals surface area (Å²) in [6, 6.07) is 7.90. The fourth-order valence-electron chi connectivity index (χ4n) is 7.52. The number of ether oxygens (including phenoxy) is 3. The van der Waals surface area contributed by atoms with Crippen LogP contribution in [0.1, 0.15) is 62.2 Å². The van der Waals surface area contributed by atoms with E-state index in [0.29, 0.717) is 12.8 Å². The lowest BCUT2D eigenvalue weighted by Gasteiger charge is -2.29. The molecule has 7 rings (SSSR count). The number of aliphatic hydroxyl groups excluding tert-OH is 2. The Morgan fingerprint density at radius 2 is 1.84 bits per heavy atom. The van der Waals surface area contributed by atoms with E-state index in [4.69, 9.17) is 40.8 Å². The number of aromatic nitrogens is 6. The molecule has 10 atom stereocenters. The number of hydrogen-bond donors (Lipinski definition) is 6. The number of rotatable bonds is 16.